The SMILES string of the molecule is COC(=O)C1=COC(OC(=O)N2CC=CCC2)C2C(C)=CCC12. The summed E-state index contributed by atoms with van der Waals surface area (Å²) in [7, 11) is 1.35. The van der Waals surface area contributed by atoms with E-state index in [0.717, 1.165) is 18.4 Å². The number of amides is 1. The summed E-state index contributed by atoms with van der Waals surface area (Å²) in [6, 6.07) is 0. The summed E-state index contributed by atoms with van der Waals surface area (Å²) in [5, 5.41) is 0. The normalized spacial score (nSPS) is 29.1. The molecule has 1 amide bonds. The van der Waals surface area contributed by atoms with E-state index in [1.165, 1.54) is 13.4 Å². The minimum absolute atomic E-state index is 0.0600. The van der Waals surface area contributed by atoms with Crippen molar-refractivity contribution >= 4 is 12.1 Å². The molecule has 0 radical (unpaired) electrons. The van der Waals surface area contributed by atoms with Crippen LogP contribution < -0.4 is 0 Å². The van der Waals surface area contributed by atoms with Gasteiger partial charge in [-0.2, -0.15) is 0 Å². The molecule has 6 heteroatoms. The molecule has 0 aromatic heterocycles. The van der Waals surface area contributed by atoms with Crippen LogP contribution in [0.25, 0.3) is 0 Å². The molecule has 6 nitrogen and oxygen atoms in total. The van der Waals surface area contributed by atoms with Gasteiger partial charge in [0.15, 0.2) is 0 Å². The molecule has 2 heterocycles. The fourth-order valence-electron chi connectivity index (χ4n) is 3.35. The lowest BCUT2D eigenvalue weighted by molar-refractivity contribution is -0.142. The summed E-state index contributed by atoms with van der Waals surface area (Å²) < 4.78 is 15.9. The smallest absolute Gasteiger partial charge is 0.413 e. The lowest BCUT2D eigenvalue weighted by atomic mass is 9.84. The highest BCUT2D eigenvalue weighted by atomic mass is 16.7. The van der Waals surface area contributed by atoms with Crippen LogP contribution in [0.5, 0.6) is 0 Å². The van der Waals surface area contributed by atoms with Gasteiger partial charge in [0.05, 0.1) is 24.9 Å². The standard InChI is InChI=1S/C17H21NO5/c1-11-6-7-12-13(15(19)21-2)10-22-16(14(11)12)23-17(20)18-8-4-3-5-9-18/h3-4,6,10,12,14,16H,5,7-9H2,1-2H3. The van der Waals surface area contributed by atoms with Gasteiger partial charge in [0, 0.05) is 19.0 Å². The van der Waals surface area contributed by atoms with Gasteiger partial charge in [0.2, 0.25) is 0 Å². The largest absolute Gasteiger partial charge is 0.466 e. The van der Waals surface area contributed by atoms with Crippen molar-refractivity contribution in [1.82, 2.24) is 4.90 Å². The maximum Gasteiger partial charge on any atom is 0.413 e. The predicted octanol–water partition coefficient (Wildman–Crippen LogP) is 2.38. The second-order valence-corrected chi connectivity index (χ2v) is 5.98. The summed E-state index contributed by atoms with van der Waals surface area (Å²) in [6.45, 7) is 3.17. The Morgan fingerprint density at radius 2 is 2.17 bits per heavy atom. The molecule has 124 valence electrons. The van der Waals surface area contributed by atoms with E-state index in [4.69, 9.17) is 14.2 Å². The van der Waals surface area contributed by atoms with Crippen LogP contribution >= 0.6 is 0 Å². The van der Waals surface area contributed by atoms with Crippen molar-refractivity contribution in [3.8, 4) is 0 Å². The van der Waals surface area contributed by atoms with Crippen LogP contribution in [0.1, 0.15) is 19.8 Å². The Kier molecular flexibility index (Phi) is 4.41. The van der Waals surface area contributed by atoms with E-state index in [-0.39, 0.29) is 17.9 Å². The first-order valence-corrected chi connectivity index (χ1v) is 7.83. The van der Waals surface area contributed by atoms with E-state index in [2.05, 4.69) is 6.08 Å². The highest BCUT2D eigenvalue weighted by Gasteiger charge is 2.45. The van der Waals surface area contributed by atoms with Crippen LogP contribution in [0.2, 0.25) is 0 Å². The number of carbonyl (C=O) groups is 2. The minimum Gasteiger partial charge on any atom is -0.466 e. The average Bonchev–Trinajstić information content (AvgIpc) is 2.97. The van der Waals surface area contributed by atoms with Crippen LogP contribution in [0.3, 0.4) is 0 Å². The van der Waals surface area contributed by atoms with Gasteiger partial charge in [0.25, 0.3) is 6.29 Å². The Hall–Kier alpha value is -2.24. The Morgan fingerprint density at radius 1 is 1.35 bits per heavy atom. The van der Waals surface area contributed by atoms with Gasteiger partial charge in [-0.15, -0.1) is 0 Å². The first kappa shape index (κ1) is 15.6. The molecule has 0 saturated heterocycles. The highest BCUT2D eigenvalue weighted by molar-refractivity contribution is 5.89. The van der Waals surface area contributed by atoms with E-state index in [9.17, 15) is 9.59 Å². The number of carbonyl (C=O) groups excluding carboxylic acids is 2. The number of nitrogens with zero attached hydrogens (tertiary/aromatic N) is 1. The van der Waals surface area contributed by atoms with Crippen LogP contribution in [0.15, 0.2) is 35.6 Å². The molecule has 0 bridgehead atoms. The molecule has 0 spiro atoms. The molecule has 3 unspecified atom stereocenters. The second kappa shape index (κ2) is 6.48. The summed E-state index contributed by atoms with van der Waals surface area (Å²) in [5.74, 6) is -0.595. The first-order chi connectivity index (χ1) is 11.1. The predicted molar refractivity (Wildman–Crippen MR) is 82.1 cm³/mol. The quantitative estimate of drug-likeness (QED) is 0.577. The number of ether oxygens (including phenoxy) is 3. The monoisotopic (exact) mass is 319 g/mol. The van der Waals surface area contributed by atoms with Crippen LogP contribution in [0.4, 0.5) is 4.79 Å². The Morgan fingerprint density at radius 3 is 2.87 bits per heavy atom. The molecule has 0 N–H and O–H groups in total. The van der Waals surface area contributed by atoms with Crippen LogP contribution in [-0.4, -0.2) is 43.5 Å². The first-order valence-electron chi connectivity index (χ1n) is 7.83. The van der Waals surface area contributed by atoms with Gasteiger partial charge in [-0.05, 0) is 19.8 Å². The van der Waals surface area contributed by atoms with Gasteiger partial charge in [0.1, 0.15) is 0 Å². The van der Waals surface area contributed by atoms with Gasteiger partial charge in [-0.3, -0.25) is 0 Å². The number of rotatable bonds is 2. The van der Waals surface area contributed by atoms with E-state index in [1.54, 1.807) is 4.90 Å². The molecule has 1 aliphatic carbocycles. The molecule has 0 aromatic rings. The van der Waals surface area contributed by atoms with Gasteiger partial charge in [-0.1, -0.05) is 23.8 Å². The number of methoxy groups -OCH3 is 1. The number of allylic oxidation sites excluding steroid dienone is 1. The molecule has 3 atom stereocenters. The lowest BCUT2D eigenvalue weighted by Gasteiger charge is -2.35. The Bertz CT molecular complexity index is 592. The van der Waals surface area contributed by atoms with Crippen molar-refractivity contribution in [2.24, 2.45) is 11.8 Å². The lowest BCUT2D eigenvalue weighted by Crippen LogP contribution is -2.42. The zero-order chi connectivity index (χ0) is 16.4. The summed E-state index contributed by atoms with van der Waals surface area (Å²) in [6.07, 6.45) is 7.91. The van der Waals surface area contributed by atoms with E-state index >= 15 is 0 Å². The number of hydrogen-bond acceptors (Lipinski definition) is 5. The van der Waals surface area contributed by atoms with Gasteiger partial charge in [-0.25, -0.2) is 9.59 Å². The van der Waals surface area contributed by atoms with Gasteiger partial charge < -0.3 is 19.1 Å². The summed E-state index contributed by atoms with van der Waals surface area (Å²) >= 11 is 0. The zero-order valence-corrected chi connectivity index (χ0v) is 13.4. The fourth-order valence-corrected chi connectivity index (χ4v) is 3.35. The molecule has 3 aliphatic rings. The third-order valence-corrected chi connectivity index (χ3v) is 4.63. The number of fused-ring (bicyclic) bond motifs is 1. The van der Waals surface area contributed by atoms with Crippen molar-refractivity contribution in [3.05, 3.63) is 35.6 Å². The molecule has 23 heavy (non-hydrogen) atoms. The molecule has 0 aromatic carbocycles. The Labute approximate surface area is 135 Å². The van der Waals surface area contributed by atoms with Crippen molar-refractivity contribution in [1.29, 1.82) is 0 Å². The highest BCUT2D eigenvalue weighted by Crippen LogP contribution is 2.43. The van der Waals surface area contributed by atoms with E-state index < -0.39 is 12.3 Å². The van der Waals surface area contributed by atoms with Crippen molar-refractivity contribution < 1.29 is 23.8 Å². The maximum absolute atomic E-state index is 12.3. The molecular formula is C17H21NO5. The molecule has 2 aliphatic heterocycles. The van der Waals surface area contributed by atoms with Crippen LogP contribution in [0, 0.1) is 11.8 Å². The van der Waals surface area contributed by atoms with Crippen molar-refractivity contribution in [2.75, 3.05) is 20.2 Å². The van der Waals surface area contributed by atoms with E-state index in [0.29, 0.717) is 18.7 Å². The summed E-state index contributed by atoms with van der Waals surface area (Å²) in [4.78, 5) is 25.8. The zero-order valence-electron chi connectivity index (χ0n) is 13.4. The molecule has 0 fully saturated rings. The second-order valence-electron chi connectivity index (χ2n) is 5.98. The average molecular weight is 319 g/mol. The van der Waals surface area contributed by atoms with Crippen molar-refractivity contribution in [2.45, 2.75) is 26.1 Å². The maximum atomic E-state index is 12.3. The third-order valence-electron chi connectivity index (χ3n) is 4.63. The number of esters is 1. The number of hydrogen-bond donors (Lipinski definition) is 0. The van der Waals surface area contributed by atoms with Crippen LogP contribution in [-0.2, 0) is 19.0 Å². The van der Waals surface area contributed by atoms with Crippen molar-refractivity contribution in [3.63, 3.8) is 0 Å². The third kappa shape index (κ3) is 2.98. The fraction of sp³-hybridized carbons (Fsp3) is 0.529. The minimum atomic E-state index is -0.703. The molecule has 3 rings (SSSR count). The molecular weight excluding hydrogens is 298 g/mol. The molecule has 0 saturated carbocycles. The van der Waals surface area contributed by atoms with E-state index in [1.807, 2.05) is 19.1 Å². The van der Waals surface area contributed by atoms with Gasteiger partial charge >= 0.3 is 12.1 Å². The Balaban J connectivity index is 1.73. The summed E-state index contributed by atoms with van der Waals surface area (Å²) in [5.41, 5.74) is 1.57. The topological polar surface area (TPSA) is 65.1 Å².